The Morgan fingerprint density at radius 1 is 1.00 bits per heavy atom. The van der Waals surface area contributed by atoms with Gasteiger partial charge in [0.2, 0.25) is 5.91 Å². The van der Waals surface area contributed by atoms with Crippen LogP contribution in [0.1, 0.15) is 29.9 Å². The van der Waals surface area contributed by atoms with Crippen LogP contribution in [0.5, 0.6) is 5.75 Å². The van der Waals surface area contributed by atoms with E-state index in [-0.39, 0.29) is 5.91 Å². The van der Waals surface area contributed by atoms with E-state index in [4.69, 9.17) is 4.74 Å². The topological polar surface area (TPSA) is 32.8 Å². The Labute approximate surface area is 167 Å². The summed E-state index contributed by atoms with van der Waals surface area (Å²) < 4.78 is 5.34. The van der Waals surface area contributed by atoms with Crippen molar-refractivity contribution in [1.82, 2.24) is 9.80 Å². The van der Waals surface area contributed by atoms with Crippen molar-refractivity contribution in [2.75, 3.05) is 26.7 Å². The standard InChI is InChI=1S/C24H28N2O2/c1-28-20-9-7-18(8-10-20)21-16-26(22(27)15-17-5-3-2-4-6-17)23-19-11-13-25(14-12-19)24(21)23/h2-10,19,21,23-24H,11-16H2,1H3/t21-,23+,24+/m0/s1. The lowest BCUT2D eigenvalue weighted by Gasteiger charge is -2.51. The average molecular weight is 377 g/mol. The molecule has 1 amide bonds. The molecule has 0 unspecified atom stereocenters. The molecule has 4 nitrogen and oxygen atoms in total. The van der Waals surface area contributed by atoms with Crippen LogP contribution >= 0.6 is 0 Å². The number of methoxy groups -OCH3 is 1. The molecule has 28 heavy (non-hydrogen) atoms. The SMILES string of the molecule is COc1ccc([C@@H]2CN(C(=O)Cc3ccccc3)[C@@H]3C4CCN(CC4)[C@@H]32)cc1. The molecule has 146 valence electrons. The minimum atomic E-state index is 0.283. The molecule has 0 spiro atoms. The highest BCUT2D eigenvalue weighted by Gasteiger charge is 2.54. The molecule has 4 fully saturated rings. The maximum Gasteiger partial charge on any atom is 0.227 e. The van der Waals surface area contributed by atoms with E-state index in [1.165, 1.54) is 31.5 Å². The lowest BCUT2D eigenvalue weighted by molar-refractivity contribution is -0.135. The minimum absolute atomic E-state index is 0.283. The van der Waals surface area contributed by atoms with Gasteiger partial charge in [-0.25, -0.2) is 0 Å². The lowest BCUT2D eigenvalue weighted by Crippen LogP contribution is -2.60. The van der Waals surface area contributed by atoms with Crippen LogP contribution in [0, 0.1) is 5.92 Å². The highest BCUT2D eigenvalue weighted by molar-refractivity contribution is 5.80. The summed E-state index contributed by atoms with van der Waals surface area (Å²) >= 11 is 0. The third-order valence-electron chi connectivity index (χ3n) is 7.06. The third-order valence-corrected chi connectivity index (χ3v) is 7.06. The zero-order valence-corrected chi connectivity index (χ0v) is 16.5. The van der Waals surface area contributed by atoms with Crippen molar-refractivity contribution in [3.63, 3.8) is 0 Å². The molecule has 0 saturated carbocycles. The van der Waals surface area contributed by atoms with Crippen LogP contribution in [0.4, 0.5) is 0 Å². The molecule has 0 N–H and O–H groups in total. The van der Waals surface area contributed by atoms with Crippen molar-refractivity contribution >= 4 is 5.91 Å². The van der Waals surface area contributed by atoms with E-state index in [0.29, 0.717) is 30.3 Å². The molecule has 4 saturated heterocycles. The maximum absolute atomic E-state index is 13.3. The summed E-state index contributed by atoms with van der Waals surface area (Å²) in [6.45, 7) is 3.19. The van der Waals surface area contributed by atoms with Crippen LogP contribution in [0.2, 0.25) is 0 Å². The Balaban J connectivity index is 1.44. The lowest BCUT2D eigenvalue weighted by atomic mass is 9.75. The summed E-state index contributed by atoms with van der Waals surface area (Å²) in [6.07, 6.45) is 2.96. The van der Waals surface area contributed by atoms with Gasteiger partial charge in [-0.2, -0.15) is 0 Å². The summed E-state index contributed by atoms with van der Waals surface area (Å²) in [5, 5.41) is 0. The Bertz CT molecular complexity index is 827. The quantitative estimate of drug-likeness (QED) is 0.821. The molecule has 4 heterocycles. The first kappa shape index (κ1) is 17.7. The second kappa shape index (κ2) is 7.25. The summed E-state index contributed by atoms with van der Waals surface area (Å²) in [6, 6.07) is 19.5. The van der Waals surface area contributed by atoms with Gasteiger partial charge >= 0.3 is 0 Å². The predicted octanol–water partition coefficient (Wildman–Crippen LogP) is 3.33. The van der Waals surface area contributed by atoms with Crippen molar-refractivity contribution in [2.24, 2.45) is 5.92 Å². The van der Waals surface area contributed by atoms with Crippen LogP contribution in [-0.2, 0) is 11.2 Å². The second-order valence-electron chi connectivity index (χ2n) is 8.44. The highest BCUT2D eigenvalue weighted by atomic mass is 16.5. The van der Waals surface area contributed by atoms with Gasteiger partial charge in [-0.05, 0) is 55.1 Å². The van der Waals surface area contributed by atoms with Crippen molar-refractivity contribution in [1.29, 1.82) is 0 Å². The van der Waals surface area contributed by atoms with Gasteiger partial charge in [-0.3, -0.25) is 9.69 Å². The average Bonchev–Trinajstić information content (AvgIpc) is 3.18. The van der Waals surface area contributed by atoms with E-state index in [1.54, 1.807) is 7.11 Å². The van der Waals surface area contributed by atoms with Crippen LogP contribution in [0.25, 0.3) is 0 Å². The van der Waals surface area contributed by atoms with Gasteiger partial charge in [-0.15, -0.1) is 0 Å². The molecular formula is C24H28N2O2. The number of rotatable bonds is 4. The number of piperidine rings is 3. The molecule has 4 heteroatoms. The fourth-order valence-corrected chi connectivity index (χ4v) is 5.72. The van der Waals surface area contributed by atoms with Crippen LogP contribution in [0.15, 0.2) is 54.6 Å². The van der Waals surface area contributed by atoms with E-state index in [1.807, 2.05) is 18.2 Å². The minimum Gasteiger partial charge on any atom is -0.497 e. The number of fused-ring (bicyclic) bond motifs is 2. The number of hydrogen-bond acceptors (Lipinski definition) is 3. The Morgan fingerprint density at radius 3 is 2.39 bits per heavy atom. The van der Waals surface area contributed by atoms with Gasteiger partial charge in [0, 0.05) is 18.5 Å². The number of amides is 1. The summed E-state index contributed by atoms with van der Waals surface area (Å²) in [7, 11) is 1.70. The van der Waals surface area contributed by atoms with Crippen molar-refractivity contribution < 1.29 is 9.53 Å². The molecule has 0 aromatic heterocycles. The first-order valence-electron chi connectivity index (χ1n) is 10.5. The molecule has 0 aliphatic carbocycles. The number of benzene rings is 2. The number of ether oxygens (including phenoxy) is 1. The Morgan fingerprint density at radius 2 is 1.71 bits per heavy atom. The van der Waals surface area contributed by atoms with Crippen molar-refractivity contribution in [2.45, 2.75) is 37.3 Å². The molecule has 6 rings (SSSR count). The van der Waals surface area contributed by atoms with E-state index in [9.17, 15) is 4.79 Å². The smallest absolute Gasteiger partial charge is 0.227 e. The van der Waals surface area contributed by atoms with Gasteiger partial charge < -0.3 is 9.64 Å². The fourth-order valence-electron chi connectivity index (χ4n) is 5.72. The number of carbonyl (C=O) groups excluding carboxylic acids is 1. The van der Waals surface area contributed by atoms with Gasteiger partial charge in [-0.1, -0.05) is 42.5 Å². The molecule has 2 aromatic rings. The second-order valence-corrected chi connectivity index (χ2v) is 8.44. The molecule has 3 atom stereocenters. The third kappa shape index (κ3) is 3.00. The van der Waals surface area contributed by atoms with Crippen LogP contribution < -0.4 is 4.74 Å². The monoisotopic (exact) mass is 376 g/mol. The predicted molar refractivity (Wildman–Crippen MR) is 109 cm³/mol. The summed E-state index contributed by atoms with van der Waals surface area (Å²) in [4.78, 5) is 18.2. The number of carbonyl (C=O) groups is 1. The van der Waals surface area contributed by atoms with E-state index in [0.717, 1.165) is 17.9 Å². The molecule has 0 radical (unpaired) electrons. The van der Waals surface area contributed by atoms with Gasteiger partial charge in [0.1, 0.15) is 5.75 Å². The molecule has 4 aliphatic heterocycles. The zero-order valence-electron chi connectivity index (χ0n) is 16.5. The Kier molecular flexibility index (Phi) is 4.59. The first-order chi connectivity index (χ1) is 13.7. The maximum atomic E-state index is 13.3. The molecule has 2 aromatic carbocycles. The van der Waals surface area contributed by atoms with E-state index in [2.05, 4.69) is 46.2 Å². The van der Waals surface area contributed by atoms with Gasteiger partial charge in [0.15, 0.2) is 0 Å². The molecule has 4 aliphatic rings. The highest BCUT2D eigenvalue weighted by Crippen LogP contribution is 2.46. The Hall–Kier alpha value is -2.33. The fraction of sp³-hybridized carbons (Fsp3) is 0.458. The number of likely N-dealkylation sites (tertiary alicyclic amines) is 1. The number of nitrogens with zero attached hydrogens (tertiary/aromatic N) is 2. The van der Waals surface area contributed by atoms with Crippen molar-refractivity contribution in [3.05, 3.63) is 65.7 Å². The number of hydrogen-bond donors (Lipinski definition) is 0. The largest absolute Gasteiger partial charge is 0.497 e. The summed E-state index contributed by atoms with van der Waals surface area (Å²) in [5.74, 6) is 2.21. The van der Waals surface area contributed by atoms with Gasteiger partial charge in [0.05, 0.1) is 19.6 Å². The van der Waals surface area contributed by atoms with Crippen LogP contribution in [0.3, 0.4) is 0 Å². The summed E-state index contributed by atoms with van der Waals surface area (Å²) in [5.41, 5.74) is 2.44. The van der Waals surface area contributed by atoms with Gasteiger partial charge in [0.25, 0.3) is 0 Å². The zero-order chi connectivity index (χ0) is 19.1. The normalized spacial score (nSPS) is 30.9. The van der Waals surface area contributed by atoms with Crippen molar-refractivity contribution in [3.8, 4) is 5.75 Å². The van der Waals surface area contributed by atoms with E-state index < -0.39 is 0 Å². The van der Waals surface area contributed by atoms with Crippen LogP contribution in [-0.4, -0.2) is 54.5 Å². The molecule has 2 bridgehead atoms. The van der Waals surface area contributed by atoms with E-state index >= 15 is 0 Å². The first-order valence-corrected chi connectivity index (χ1v) is 10.5. The molecular weight excluding hydrogens is 348 g/mol.